The van der Waals surface area contributed by atoms with Gasteiger partial charge in [-0.15, -0.1) is 0 Å². The van der Waals surface area contributed by atoms with Gasteiger partial charge in [-0.1, -0.05) is 0 Å². The lowest BCUT2D eigenvalue weighted by atomic mass is 10.1. The van der Waals surface area contributed by atoms with Crippen LogP contribution < -0.4 is 5.73 Å². The second-order valence-electron chi connectivity index (χ2n) is 4.36. The van der Waals surface area contributed by atoms with Crippen LogP contribution in [0.5, 0.6) is 0 Å². The Morgan fingerprint density at radius 2 is 2.53 bits per heavy atom. The van der Waals surface area contributed by atoms with Crippen LogP contribution in [0.2, 0.25) is 0 Å². The van der Waals surface area contributed by atoms with Crippen molar-refractivity contribution in [3.8, 4) is 0 Å². The summed E-state index contributed by atoms with van der Waals surface area (Å²) < 4.78 is 5.40. The fourth-order valence-corrected chi connectivity index (χ4v) is 1.95. The molecule has 0 saturated carbocycles. The van der Waals surface area contributed by atoms with Crippen LogP contribution in [0.3, 0.4) is 0 Å². The summed E-state index contributed by atoms with van der Waals surface area (Å²) in [6, 6.07) is 4.27. The third kappa shape index (κ3) is 3.01. The lowest BCUT2D eigenvalue weighted by Gasteiger charge is -2.33. The van der Waals surface area contributed by atoms with E-state index in [1.54, 1.807) is 6.20 Å². The molecular weight excluding hydrogens is 216 g/mol. The van der Waals surface area contributed by atoms with Gasteiger partial charge < -0.3 is 10.5 Å². The Morgan fingerprint density at radius 3 is 3.24 bits per heavy atom. The van der Waals surface area contributed by atoms with Gasteiger partial charge in [0.15, 0.2) is 0 Å². The van der Waals surface area contributed by atoms with Gasteiger partial charge in [-0.3, -0.25) is 15.3 Å². The van der Waals surface area contributed by atoms with Crippen molar-refractivity contribution in [1.29, 1.82) is 5.41 Å². The highest BCUT2D eigenvalue weighted by molar-refractivity contribution is 5.93. The van der Waals surface area contributed by atoms with Crippen LogP contribution in [-0.2, 0) is 11.3 Å². The number of morpholine rings is 1. The van der Waals surface area contributed by atoms with Crippen molar-refractivity contribution in [1.82, 2.24) is 9.88 Å². The summed E-state index contributed by atoms with van der Waals surface area (Å²) in [5, 5.41) is 7.37. The maximum absolute atomic E-state index is 7.37. The minimum Gasteiger partial charge on any atom is -0.382 e. The van der Waals surface area contributed by atoms with Crippen molar-refractivity contribution in [2.45, 2.75) is 19.5 Å². The van der Waals surface area contributed by atoms with E-state index in [9.17, 15) is 0 Å². The minimum atomic E-state index is 0.0156. The predicted molar refractivity (Wildman–Crippen MR) is 65.9 cm³/mol. The topological polar surface area (TPSA) is 75.2 Å². The maximum atomic E-state index is 7.37. The average molecular weight is 234 g/mol. The standard InChI is InChI=1S/C12H18N4O/c1-9-8-17-5-4-16(9)7-10-2-3-15-11(6-10)12(13)14/h2-3,6,9H,4-5,7-8H2,1H3,(H3,13,14). The lowest BCUT2D eigenvalue weighted by molar-refractivity contribution is -0.00437. The number of hydrogen-bond acceptors (Lipinski definition) is 4. The first-order valence-electron chi connectivity index (χ1n) is 5.78. The fraction of sp³-hybridized carbons (Fsp3) is 0.500. The third-order valence-electron chi connectivity index (χ3n) is 2.99. The molecule has 0 amide bonds. The molecule has 5 heteroatoms. The molecule has 1 aliphatic heterocycles. The van der Waals surface area contributed by atoms with Gasteiger partial charge in [0.1, 0.15) is 11.5 Å². The second-order valence-corrected chi connectivity index (χ2v) is 4.36. The van der Waals surface area contributed by atoms with E-state index in [0.29, 0.717) is 11.7 Å². The maximum Gasteiger partial charge on any atom is 0.141 e. The molecular formula is C12H18N4O. The molecule has 3 N–H and O–H groups in total. The first-order valence-corrected chi connectivity index (χ1v) is 5.78. The normalized spacial score (nSPS) is 21.4. The molecule has 1 fully saturated rings. The van der Waals surface area contributed by atoms with E-state index in [1.807, 2.05) is 12.1 Å². The Kier molecular flexibility index (Phi) is 3.71. The van der Waals surface area contributed by atoms with E-state index in [0.717, 1.165) is 31.9 Å². The van der Waals surface area contributed by atoms with E-state index in [-0.39, 0.29) is 5.84 Å². The molecule has 0 bridgehead atoms. The van der Waals surface area contributed by atoms with E-state index < -0.39 is 0 Å². The highest BCUT2D eigenvalue weighted by Crippen LogP contribution is 2.12. The summed E-state index contributed by atoms with van der Waals surface area (Å²) in [7, 11) is 0. The lowest BCUT2D eigenvalue weighted by Crippen LogP contribution is -2.42. The zero-order chi connectivity index (χ0) is 12.3. The van der Waals surface area contributed by atoms with Crippen LogP contribution in [0.15, 0.2) is 18.3 Å². The third-order valence-corrected chi connectivity index (χ3v) is 2.99. The van der Waals surface area contributed by atoms with Crippen LogP contribution in [0, 0.1) is 5.41 Å². The molecule has 1 atom stereocenters. The first-order chi connectivity index (χ1) is 8.16. The van der Waals surface area contributed by atoms with Crippen molar-refractivity contribution in [3.05, 3.63) is 29.6 Å². The quantitative estimate of drug-likeness (QED) is 0.593. The SMILES string of the molecule is CC1COCCN1Cc1ccnc(C(=N)N)c1. The fourth-order valence-electron chi connectivity index (χ4n) is 1.95. The van der Waals surface area contributed by atoms with Gasteiger partial charge >= 0.3 is 0 Å². The highest BCUT2D eigenvalue weighted by atomic mass is 16.5. The van der Waals surface area contributed by atoms with Gasteiger partial charge in [0.25, 0.3) is 0 Å². The zero-order valence-corrected chi connectivity index (χ0v) is 10.0. The molecule has 1 aromatic rings. The van der Waals surface area contributed by atoms with Crippen molar-refractivity contribution in [3.63, 3.8) is 0 Å². The smallest absolute Gasteiger partial charge is 0.141 e. The molecule has 92 valence electrons. The summed E-state index contributed by atoms with van der Waals surface area (Å²) in [6.45, 7) is 5.53. The molecule has 1 saturated heterocycles. The van der Waals surface area contributed by atoms with Gasteiger partial charge in [0.05, 0.1) is 13.2 Å². The highest BCUT2D eigenvalue weighted by Gasteiger charge is 2.18. The van der Waals surface area contributed by atoms with E-state index in [2.05, 4.69) is 16.8 Å². The van der Waals surface area contributed by atoms with E-state index in [4.69, 9.17) is 15.9 Å². The van der Waals surface area contributed by atoms with Crippen LogP contribution in [-0.4, -0.2) is 41.5 Å². The van der Waals surface area contributed by atoms with Crippen LogP contribution in [0.4, 0.5) is 0 Å². The van der Waals surface area contributed by atoms with Gasteiger partial charge in [-0.25, -0.2) is 0 Å². The Balaban J connectivity index is 2.07. The zero-order valence-electron chi connectivity index (χ0n) is 10.0. The number of amidine groups is 1. The number of nitrogens with zero attached hydrogens (tertiary/aromatic N) is 2. The summed E-state index contributed by atoms with van der Waals surface area (Å²) in [5.41, 5.74) is 7.11. The number of nitrogens with two attached hydrogens (primary N) is 1. The minimum absolute atomic E-state index is 0.0156. The molecule has 5 nitrogen and oxygen atoms in total. The van der Waals surface area contributed by atoms with Gasteiger partial charge in [0.2, 0.25) is 0 Å². The van der Waals surface area contributed by atoms with Crippen LogP contribution in [0.1, 0.15) is 18.2 Å². The molecule has 0 radical (unpaired) electrons. The summed E-state index contributed by atoms with van der Waals surface area (Å²) in [6.07, 6.45) is 1.71. The number of aromatic nitrogens is 1. The molecule has 1 unspecified atom stereocenters. The molecule has 1 aliphatic rings. The summed E-state index contributed by atoms with van der Waals surface area (Å²) in [5.74, 6) is 0.0156. The molecule has 0 aliphatic carbocycles. The van der Waals surface area contributed by atoms with Crippen LogP contribution in [0.25, 0.3) is 0 Å². The van der Waals surface area contributed by atoms with Crippen molar-refractivity contribution in [2.75, 3.05) is 19.8 Å². The number of nitrogen functional groups attached to an aromatic ring is 1. The summed E-state index contributed by atoms with van der Waals surface area (Å²) in [4.78, 5) is 6.42. The molecule has 2 rings (SSSR count). The Labute approximate surface area is 101 Å². The predicted octanol–water partition coefficient (Wildman–Crippen LogP) is 0.586. The number of nitrogens with one attached hydrogen (secondary N) is 1. The number of hydrogen-bond donors (Lipinski definition) is 2. The van der Waals surface area contributed by atoms with Crippen molar-refractivity contribution >= 4 is 5.84 Å². The Morgan fingerprint density at radius 1 is 1.71 bits per heavy atom. The number of ether oxygens (including phenoxy) is 1. The van der Waals surface area contributed by atoms with Gasteiger partial charge in [-0.05, 0) is 24.6 Å². The van der Waals surface area contributed by atoms with E-state index >= 15 is 0 Å². The van der Waals surface area contributed by atoms with Crippen molar-refractivity contribution in [2.24, 2.45) is 5.73 Å². The Bertz CT molecular complexity index is 407. The molecule has 2 heterocycles. The molecule has 17 heavy (non-hydrogen) atoms. The molecule has 0 aromatic carbocycles. The number of pyridine rings is 1. The monoisotopic (exact) mass is 234 g/mol. The van der Waals surface area contributed by atoms with Gasteiger partial charge in [0, 0.05) is 25.3 Å². The first kappa shape index (κ1) is 12.0. The second kappa shape index (κ2) is 5.25. The largest absolute Gasteiger partial charge is 0.382 e. The average Bonchev–Trinajstić information content (AvgIpc) is 2.32. The molecule has 0 spiro atoms. The van der Waals surface area contributed by atoms with E-state index in [1.165, 1.54) is 0 Å². The number of rotatable bonds is 3. The van der Waals surface area contributed by atoms with Gasteiger partial charge in [-0.2, -0.15) is 0 Å². The molecule has 1 aromatic heterocycles. The van der Waals surface area contributed by atoms with Crippen LogP contribution >= 0.6 is 0 Å². The summed E-state index contributed by atoms with van der Waals surface area (Å²) >= 11 is 0. The van der Waals surface area contributed by atoms with Crippen molar-refractivity contribution < 1.29 is 4.74 Å². The Hall–Kier alpha value is -1.46.